The molecule has 0 radical (unpaired) electrons. The SMILES string of the molecule is CCOC(=O)c1c(-c2ccc(Br)cc2)csc1NC(=O)CCCCC(=O)Nc1scc(-c2ccc(Br)cc2)c1C(=O)OCC. The van der Waals surface area contributed by atoms with Gasteiger partial charge in [0.15, 0.2) is 0 Å². The molecular weight excluding hydrogens is 732 g/mol. The summed E-state index contributed by atoms with van der Waals surface area (Å²) in [7, 11) is 0. The van der Waals surface area contributed by atoms with Crippen molar-refractivity contribution in [2.45, 2.75) is 39.5 Å². The number of carbonyl (C=O) groups excluding carboxylic acids is 4. The maximum atomic E-state index is 12.8. The average molecular weight is 763 g/mol. The van der Waals surface area contributed by atoms with Crippen LogP contribution in [-0.2, 0) is 19.1 Å². The lowest BCUT2D eigenvalue weighted by molar-refractivity contribution is -0.118. The van der Waals surface area contributed by atoms with E-state index in [1.807, 2.05) is 59.3 Å². The lowest BCUT2D eigenvalue weighted by atomic mass is 10.0. The summed E-state index contributed by atoms with van der Waals surface area (Å²) in [4.78, 5) is 51.2. The van der Waals surface area contributed by atoms with Gasteiger partial charge < -0.3 is 20.1 Å². The van der Waals surface area contributed by atoms with Crippen molar-refractivity contribution in [3.05, 3.63) is 79.4 Å². The number of hydrogen-bond acceptors (Lipinski definition) is 8. The smallest absolute Gasteiger partial charge is 0.341 e. The summed E-state index contributed by atoms with van der Waals surface area (Å²) < 4.78 is 12.4. The minimum absolute atomic E-state index is 0.169. The van der Waals surface area contributed by atoms with E-state index in [0.717, 1.165) is 20.1 Å². The van der Waals surface area contributed by atoms with Gasteiger partial charge in [0.1, 0.15) is 21.1 Å². The Morgan fingerprint density at radius 1 is 0.636 bits per heavy atom. The predicted molar refractivity (Wildman–Crippen MR) is 183 cm³/mol. The van der Waals surface area contributed by atoms with E-state index in [9.17, 15) is 19.2 Å². The number of thiophene rings is 2. The van der Waals surface area contributed by atoms with Gasteiger partial charge in [-0.05, 0) is 62.1 Å². The predicted octanol–water partition coefficient (Wildman–Crippen LogP) is 9.16. The van der Waals surface area contributed by atoms with Crippen LogP contribution in [0.15, 0.2) is 68.2 Å². The summed E-state index contributed by atoms with van der Waals surface area (Å²) in [5.41, 5.74) is 3.68. The molecule has 2 heterocycles. The zero-order chi connectivity index (χ0) is 31.6. The van der Waals surface area contributed by atoms with Crippen LogP contribution in [-0.4, -0.2) is 37.0 Å². The fourth-order valence-corrected chi connectivity index (χ4v) is 6.82. The third-order valence-electron chi connectivity index (χ3n) is 6.42. The number of hydrogen-bond donors (Lipinski definition) is 2. The van der Waals surface area contributed by atoms with E-state index < -0.39 is 11.9 Å². The van der Waals surface area contributed by atoms with Crippen molar-refractivity contribution in [2.24, 2.45) is 0 Å². The number of unbranched alkanes of at least 4 members (excludes halogenated alkanes) is 1. The molecule has 2 aromatic carbocycles. The lowest BCUT2D eigenvalue weighted by Gasteiger charge is -2.10. The largest absolute Gasteiger partial charge is 0.462 e. The third-order valence-corrected chi connectivity index (χ3v) is 9.26. The maximum absolute atomic E-state index is 12.8. The Kier molecular flexibility index (Phi) is 12.3. The Morgan fingerprint density at radius 3 is 1.34 bits per heavy atom. The molecule has 0 spiro atoms. The van der Waals surface area contributed by atoms with Crippen molar-refractivity contribution in [3.63, 3.8) is 0 Å². The van der Waals surface area contributed by atoms with E-state index in [1.54, 1.807) is 13.8 Å². The van der Waals surface area contributed by atoms with E-state index >= 15 is 0 Å². The second-order valence-electron chi connectivity index (χ2n) is 9.47. The van der Waals surface area contributed by atoms with Crippen molar-refractivity contribution in [1.82, 2.24) is 0 Å². The van der Waals surface area contributed by atoms with Crippen molar-refractivity contribution >= 4 is 88.3 Å². The Bertz CT molecular complexity index is 1510. The second kappa shape index (κ2) is 16.1. The topological polar surface area (TPSA) is 111 Å². The molecule has 0 bridgehead atoms. The fourth-order valence-electron chi connectivity index (χ4n) is 4.34. The standard InChI is InChI=1S/C32H30Br2N2O6S2/c1-3-41-31(39)27-23(19-9-13-21(33)14-10-19)17-43-29(27)35-25(37)7-5-6-8-26(38)36-30-28(32(40)42-4-2)24(18-44-30)20-11-15-22(34)16-12-20/h9-18H,3-8H2,1-2H3,(H,35,37)(H,36,38). The molecule has 12 heteroatoms. The first-order valence-electron chi connectivity index (χ1n) is 13.9. The van der Waals surface area contributed by atoms with Crippen molar-refractivity contribution in [1.29, 1.82) is 0 Å². The summed E-state index contributed by atoms with van der Waals surface area (Å²) in [6.45, 7) is 3.88. The van der Waals surface area contributed by atoms with Gasteiger partial charge in [-0.2, -0.15) is 0 Å². The highest BCUT2D eigenvalue weighted by Crippen LogP contribution is 2.38. The van der Waals surface area contributed by atoms with Crippen LogP contribution < -0.4 is 10.6 Å². The van der Waals surface area contributed by atoms with Crippen molar-refractivity contribution < 1.29 is 28.7 Å². The molecule has 0 aliphatic carbocycles. The van der Waals surface area contributed by atoms with Crippen molar-refractivity contribution in [2.75, 3.05) is 23.8 Å². The summed E-state index contributed by atoms with van der Waals surface area (Å²) in [6, 6.07) is 15.1. The number of amides is 2. The normalized spacial score (nSPS) is 10.7. The minimum atomic E-state index is -0.502. The van der Waals surface area contributed by atoms with Crippen LogP contribution in [0.3, 0.4) is 0 Å². The molecule has 4 aromatic rings. The van der Waals surface area contributed by atoms with Gasteiger partial charge in [0.25, 0.3) is 0 Å². The molecule has 0 unspecified atom stereocenters. The lowest BCUT2D eigenvalue weighted by Crippen LogP contribution is -2.16. The quantitative estimate of drug-likeness (QED) is 0.104. The van der Waals surface area contributed by atoms with Gasteiger partial charge in [-0.1, -0.05) is 56.1 Å². The Hall–Kier alpha value is -3.32. The molecule has 2 amide bonds. The zero-order valence-corrected chi connectivity index (χ0v) is 28.8. The zero-order valence-electron chi connectivity index (χ0n) is 24.0. The van der Waals surface area contributed by atoms with Crippen molar-refractivity contribution in [3.8, 4) is 22.3 Å². The molecule has 230 valence electrons. The van der Waals surface area contributed by atoms with Gasteiger partial charge in [-0.25, -0.2) is 9.59 Å². The third kappa shape index (κ3) is 8.65. The first kappa shape index (κ1) is 33.6. The number of carbonyl (C=O) groups is 4. The van der Waals surface area contributed by atoms with Gasteiger partial charge in [-0.15, -0.1) is 22.7 Å². The molecule has 0 aliphatic rings. The van der Waals surface area contributed by atoms with Crippen LogP contribution in [0, 0.1) is 0 Å². The molecule has 4 rings (SSSR count). The molecule has 8 nitrogen and oxygen atoms in total. The minimum Gasteiger partial charge on any atom is -0.462 e. The number of halogens is 2. The van der Waals surface area contributed by atoms with Crippen LogP contribution in [0.2, 0.25) is 0 Å². The second-order valence-corrected chi connectivity index (χ2v) is 13.1. The molecule has 0 saturated heterocycles. The fraction of sp³-hybridized carbons (Fsp3) is 0.250. The number of ether oxygens (including phenoxy) is 2. The highest BCUT2D eigenvalue weighted by Gasteiger charge is 2.24. The van der Waals surface area contributed by atoms with E-state index in [1.165, 1.54) is 22.7 Å². The van der Waals surface area contributed by atoms with E-state index in [4.69, 9.17) is 9.47 Å². The molecule has 0 atom stereocenters. The monoisotopic (exact) mass is 760 g/mol. The van der Waals surface area contributed by atoms with Gasteiger partial charge >= 0.3 is 11.9 Å². The Labute approximate surface area is 280 Å². The first-order chi connectivity index (χ1) is 21.2. The van der Waals surface area contributed by atoms with E-state index in [-0.39, 0.29) is 37.9 Å². The molecule has 2 N–H and O–H groups in total. The molecule has 0 fully saturated rings. The molecule has 0 aliphatic heterocycles. The highest BCUT2D eigenvalue weighted by atomic mass is 79.9. The maximum Gasteiger partial charge on any atom is 0.341 e. The number of benzene rings is 2. The molecule has 2 aromatic heterocycles. The molecule has 0 saturated carbocycles. The number of nitrogens with one attached hydrogen (secondary N) is 2. The van der Waals surface area contributed by atoms with Crippen LogP contribution in [0.5, 0.6) is 0 Å². The summed E-state index contributed by atoms with van der Waals surface area (Å²) >= 11 is 9.37. The van der Waals surface area contributed by atoms with Gasteiger partial charge in [0.2, 0.25) is 11.8 Å². The van der Waals surface area contributed by atoms with Crippen LogP contribution in [0.1, 0.15) is 60.2 Å². The Balaban J connectivity index is 1.35. The molecular formula is C32H30Br2N2O6S2. The summed E-state index contributed by atoms with van der Waals surface area (Å²) in [5.74, 6) is -1.53. The Morgan fingerprint density at radius 2 is 1.00 bits per heavy atom. The van der Waals surface area contributed by atoms with Crippen LogP contribution >= 0.6 is 54.5 Å². The number of esters is 2. The van der Waals surface area contributed by atoms with Crippen LogP contribution in [0.25, 0.3) is 22.3 Å². The summed E-state index contributed by atoms with van der Waals surface area (Å²) in [5, 5.41) is 10.2. The van der Waals surface area contributed by atoms with E-state index in [2.05, 4.69) is 42.5 Å². The van der Waals surface area contributed by atoms with Gasteiger partial charge in [0.05, 0.1) is 13.2 Å². The van der Waals surface area contributed by atoms with E-state index in [0.29, 0.717) is 45.1 Å². The van der Waals surface area contributed by atoms with Crippen LogP contribution in [0.4, 0.5) is 10.0 Å². The van der Waals surface area contributed by atoms with Gasteiger partial charge in [0, 0.05) is 43.7 Å². The summed E-state index contributed by atoms with van der Waals surface area (Å²) in [6.07, 6.45) is 1.25. The average Bonchev–Trinajstić information content (AvgIpc) is 3.61. The number of rotatable bonds is 13. The highest BCUT2D eigenvalue weighted by molar-refractivity contribution is 9.10. The van der Waals surface area contributed by atoms with Gasteiger partial charge in [-0.3, -0.25) is 9.59 Å². The number of anilines is 2. The first-order valence-corrected chi connectivity index (χ1v) is 17.2. The molecule has 44 heavy (non-hydrogen) atoms.